The minimum absolute atomic E-state index is 0.0483. The van der Waals surface area contributed by atoms with E-state index in [1.54, 1.807) is 4.90 Å². The maximum absolute atomic E-state index is 13.2. The van der Waals surface area contributed by atoms with Crippen molar-refractivity contribution in [2.24, 2.45) is 11.8 Å². The molecular weight excluding hydrogens is 450 g/mol. The second-order valence-electron chi connectivity index (χ2n) is 11.2. The number of likely N-dealkylation sites (N-methyl/N-ethyl adjacent to an activating group) is 1. The molecule has 1 aromatic carbocycles. The van der Waals surface area contributed by atoms with Crippen LogP contribution in [0.25, 0.3) is 5.69 Å². The van der Waals surface area contributed by atoms with E-state index in [2.05, 4.69) is 36.2 Å². The van der Waals surface area contributed by atoms with E-state index in [9.17, 15) is 9.59 Å². The van der Waals surface area contributed by atoms with Crippen LogP contribution in [0.2, 0.25) is 0 Å². The van der Waals surface area contributed by atoms with Crippen molar-refractivity contribution in [2.75, 3.05) is 20.1 Å². The fourth-order valence-electron chi connectivity index (χ4n) is 6.70. The van der Waals surface area contributed by atoms with Crippen molar-refractivity contribution in [2.45, 2.75) is 83.8 Å². The third kappa shape index (κ3) is 5.08. The molecule has 1 N–H and O–H groups in total. The van der Waals surface area contributed by atoms with Gasteiger partial charge in [0.1, 0.15) is 12.1 Å². The van der Waals surface area contributed by atoms with Crippen LogP contribution in [-0.4, -0.2) is 63.6 Å². The van der Waals surface area contributed by atoms with Crippen LogP contribution in [0.15, 0.2) is 30.3 Å². The molecule has 194 valence electrons. The SMILES string of the molecule is Cc1nn(-c2ccccc2)c(C)c1CN1CCC([C@H]2C(=O)N[C@@H](CC3CCCCC3)C(=O)N2C)CC1. The van der Waals surface area contributed by atoms with Gasteiger partial charge in [-0.3, -0.25) is 14.5 Å². The maximum Gasteiger partial charge on any atom is 0.245 e. The standard InChI is InChI=1S/C29H41N5O2/c1-20-25(21(2)34(31-20)24-12-8-5-9-13-24)19-33-16-14-23(15-17-33)27-28(35)30-26(29(36)32(27)3)18-22-10-6-4-7-11-22/h5,8-9,12-13,22-23,26-27H,4,6-7,10-11,14-19H2,1-3H3,(H,30,35)/t26-,27-/m0/s1. The first-order chi connectivity index (χ1) is 17.4. The number of hydrogen-bond donors (Lipinski definition) is 1. The highest BCUT2D eigenvalue weighted by Gasteiger charge is 2.43. The molecule has 0 spiro atoms. The Kier molecular flexibility index (Phi) is 7.47. The molecule has 0 unspecified atom stereocenters. The molecule has 5 rings (SSSR count). The highest BCUT2D eigenvalue weighted by Crippen LogP contribution is 2.31. The Bertz CT molecular complexity index is 1070. The van der Waals surface area contributed by atoms with Gasteiger partial charge in [-0.25, -0.2) is 4.68 Å². The Hall–Kier alpha value is -2.67. The Balaban J connectivity index is 1.18. The summed E-state index contributed by atoms with van der Waals surface area (Å²) in [6, 6.07) is 9.59. The second-order valence-corrected chi connectivity index (χ2v) is 11.2. The smallest absolute Gasteiger partial charge is 0.245 e. The van der Waals surface area contributed by atoms with Gasteiger partial charge in [-0.1, -0.05) is 50.3 Å². The normalized spacial score (nSPS) is 24.8. The summed E-state index contributed by atoms with van der Waals surface area (Å²) in [7, 11) is 1.84. The van der Waals surface area contributed by atoms with Gasteiger partial charge in [0.2, 0.25) is 11.8 Å². The summed E-state index contributed by atoms with van der Waals surface area (Å²) < 4.78 is 2.04. The topological polar surface area (TPSA) is 70.5 Å². The summed E-state index contributed by atoms with van der Waals surface area (Å²) in [4.78, 5) is 30.6. The lowest BCUT2D eigenvalue weighted by atomic mass is 9.82. The number of carbonyl (C=O) groups is 2. The zero-order chi connectivity index (χ0) is 25.2. The van der Waals surface area contributed by atoms with Gasteiger partial charge < -0.3 is 10.2 Å². The van der Waals surface area contributed by atoms with Crippen molar-refractivity contribution in [3.8, 4) is 5.69 Å². The molecule has 3 fully saturated rings. The van der Waals surface area contributed by atoms with Crippen LogP contribution in [0, 0.1) is 25.7 Å². The molecule has 1 aliphatic carbocycles. The predicted molar refractivity (Wildman–Crippen MR) is 141 cm³/mol. The lowest BCUT2D eigenvalue weighted by molar-refractivity contribution is -0.151. The Labute approximate surface area is 215 Å². The molecule has 7 nitrogen and oxygen atoms in total. The summed E-state index contributed by atoms with van der Waals surface area (Å²) in [6.07, 6.45) is 8.84. The quantitative estimate of drug-likeness (QED) is 0.663. The zero-order valence-corrected chi connectivity index (χ0v) is 22.1. The summed E-state index contributed by atoms with van der Waals surface area (Å²) in [5.74, 6) is 0.929. The van der Waals surface area contributed by atoms with Crippen molar-refractivity contribution in [3.05, 3.63) is 47.3 Å². The fraction of sp³-hybridized carbons (Fsp3) is 0.621. The molecule has 2 amide bonds. The molecule has 1 saturated carbocycles. The zero-order valence-electron chi connectivity index (χ0n) is 22.1. The van der Waals surface area contributed by atoms with Gasteiger partial charge in [-0.2, -0.15) is 5.10 Å². The number of hydrogen-bond acceptors (Lipinski definition) is 4. The molecule has 1 aromatic heterocycles. The number of para-hydroxylation sites is 1. The van der Waals surface area contributed by atoms with Crippen molar-refractivity contribution < 1.29 is 9.59 Å². The maximum atomic E-state index is 13.2. The van der Waals surface area contributed by atoms with Gasteiger partial charge in [0.05, 0.1) is 11.4 Å². The molecule has 2 aliphatic heterocycles. The molecular formula is C29H41N5O2. The van der Waals surface area contributed by atoms with Gasteiger partial charge in [0, 0.05) is 24.8 Å². The van der Waals surface area contributed by atoms with E-state index in [4.69, 9.17) is 5.10 Å². The minimum Gasteiger partial charge on any atom is -0.342 e. The van der Waals surface area contributed by atoms with E-state index >= 15 is 0 Å². The number of nitrogens with one attached hydrogen (secondary N) is 1. The van der Waals surface area contributed by atoms with E-state index in [-0.39, 0.29) is 29.8 Å². The number of nitrogens with zero attached hydrogens (tertiary/aromatic N) is 4. The van der Waals surface area contributed by atoms with E-state index < -0.39 is 0 Å². The highest BCUT2D eigenvalue weighted by molar-refractivity contribution is 5.97. The molecule has 2 atom stereocenters. The largest absolute Gasteiger partial charge is 0.342 e. The van der Waals surface area contributed by atoms with Crippen LogP contribution in [0.5, 0.6) is 0 Å². The number of piperazine rings is 1. The first kappa shape index (κ1) is 25.0. The van der Waals surface area contributed by atoms with Gasteiger partial charge in [-0.05, 0) is 70.2 Å². The predicted octanol–water partition coefficient (Wildman–Crippen LogP) is 4.00. The van der Waals surface area contributed by atoms with Gasteiger partial charge in [0.15, 0.2) is 0 Å². The summed E-state index contributed by atoms with van der Waals surface area (Å²) in [5, 5.41) is 7.92. The van der Waals surface area contributed by atoms with Gasteiger partial charge >= 0.3 is 0 Å². The van der Waals surface area contributed by atoms with Crippen molar-refractivity contribution in [1.29, 1.82) is 0 Å². The molecule has 7 heteroatoms. The van der Waals surface area contributed by atoms with Crippen molar-refractivity contribution in [1.82, 2.24) is 24.9 Å². The first-order valence-electron chi connectivity index (χ1n) is 13.8. The monoisotopic (exact) mass is 491 g/mol. The fourth-order valence-corrected chi connectivity index (χ4v) is 6.70. The molecule has 2 aromatic rings. The summed E-state index contributed by atoms with van der Waals surface area (Å²) >= 11 is 0. The van der Waals surface area contributed by atoms with Crippen LogP contribution < -0.4 is 5.32 Å². The second kappa shape index (κ2) is 10.8. The Morgan fingerprint density at radius 1 is 0.972 bits per heavy atom. The molecule has 36 heavy (non-hydrogen) atoms. The average Bonchev–Trinajstić information content (AvgIpc) is 3.17. The van der Waals surface area contributed by atoms with Crippen LogP contribution in [-0.2, 0) is 16.1 Å². The lowest BCUT2D eigenvalue weighted by Crippen LogP contribution is -2.65. The Morgan fingerprint density at radius 2 is 1.67 bits per heavy atom. The minimum atomic E-state index is -0.341. The average molecular weight is 492 g/mol. The van der Waals surface area contributed by atoms with E-state index in [0.29, 0.717) is 5.92 Å². The molecule has 0 bridgehead atoms. The third-order valence-corrected chi connectivity index (χ3v) is 8.84. The van der Waals surface area contributed by atoms with E-state index in [1.165, 1.54) is 43.4 Å². The first-order valence-corrected chi connectivity index (χ1v) is 13.8. The number of aromatic nitrogens is 2. The van der Waals surface area contributed by atoms with Gasteiger partial charge in [-0.15, -0.1) is 0 Å². The Morgan fingerprint density at radius 3 is 2.36 bits per heavy atom. The number of carbonyl (C=O) groups excluding carboxylic acids is 2. The molecule has 3 heterocycles. The lowest BCUT2D eigenvalue weighted by Gasteiger charge is -2.44. The number of piperidine rings is 1. The van der Waals surface area contributed by atoms with Crippen molar-refractivity contribution >= 4 is 11.8 Å². The third-order valence-electron chi connectivity index (χ3n) is 8.84. The highest BCUT2D eigenvalue weighted by atomic mass is 16.2. The van der Waals surface area contributed by atoms with Crippen LogP contribution in [0.3, 0.4) is 0 Å². The van der Waals surface area contributed by atoms with Gasteiger partial charge in [0.25, 0.3) is 0 Å². The number of amides is 2. The van der Waals surface area contributed by atoms with Crippen LogP contribution in [0.4, 0.5) is 0 Å². The summed E-state index contributed by atoms with van der Waals surface area (Å²) in [6.45, 7) is 6.96. The summed E-state index contributed by atoms with van der Waals surface area (Å²) in [5.41, 5.74) is 4.62. The van der Waals surface area contributed by atoms with E-state index in [1.807, 2.05) is 29.9 Å². The number of likely N-dealkylation sites (tertiary alicyclic amines) is 1. The molecule has 2 saturated heterocycles. The molecule has 0 radical (unpaired) electrons. The van der Waals surface area contributed by atoms with Crippen molar-refractivity contribution in [3.63, 3.8) is 0 Å². The van der Waals surface area contributed by atoms with E-state index in [0.717, 1.165) is 50.3 Å². The number of rotatable bonds is 6. The number of aryl methyl sites for hydroxylation is 1. The molecule has 3 aliphatic rings. The van der Waals surface area contributed by atoms with Crippen LogP contribution >= 0.6 is 0 Å². The number of benzene rings is 1. The van der Waals surface area contributed by atoms with Crippen LogP contribution in [0.1, 0.15) is 68.3 Å².